The standard InChI is InChI=1S/C16H19FN2O5/c1-2-24-12-6-4-3-5-11(12)14(21)18-9-13(20)19-8-7-16(17,10-19)15(22)23/h3-6H,2,7-10H2,1H3,(H,18,21)(H,22,23). The van der Waals surface area contributed by atoms with Crippen LogP contribution in [0.2, 0.25) is 0 Å². The van der Waals surface area contributed by atoms with Gasteiger partial charge in [0.15, 0.2) is 0 Å². The zero-order valence-electron chi connectivity index (χ0n) is 13.3. The van der Waals surface area contributed by atoms with Crippen LogP contribution in [0.3, 0.4) is 0 Å². The first kappa shape index (κ1) is 17.7. The number of nitrogens with zero attached hydrogens (tertiary/aromatic N) is 1. The normalized spacial score (nSPS) is 19.8. The van der Waals surface area contributed by atoms with Crippen molar-refractivity contribution in [3.63, 3.8) is 0 Å². The molecule has 1 aliphatic heterocycles. The van der Waals surface area contributed by atoms with Gasteiger partial charge in [0.1, 0.15) is 5.75 Å². The van der Waals surface area contributed by atoms with Gasteiger partial charge >= 0.3 is 5.97 Å². The zero-order valence-corrected chi connectivity index (χ0v) is 13.3. The molecule has 1 atom stereocenters. The first-order valence-electron chi connectivity index (χ1n) is 7.57. The number of hydrogen-bond acceptors (Lipinski definition) is 4. The van der Waals surface area contributed by atoms with E-state index in [0.29, 0.717) is 17.9 Å². The quantitative estimate of drug-likeness (QED) is 0.801. The van der Waals surface area contributed by atoms with E-state index in [-0.39, 0.29) is 19.5 Å². The van der Waals surface area contributed by atoms with Gasteiger partial charge < -0.3 is 20.1 Å². The second-order valence-corrected chi connectivity index (χ2v) is 5.45. The maximum atomic E-state index is 13.9. The van der Waals surface area contributed by atoms with Gasteiger partial charge in [-0.2, -0.15) is 0 Å². The Hall–Kier alpha value is -2.64. The number of amides is 2. The average Bonchev–Trinajstić information content (AvgIpc) is 2.97. The number of ether oxygens (including phenoxy) is 1. The van der Waals surface area contributed by atoms with E-state index in [0.717, 1.165) is 4.90 Å². The summed E-state index contributed by atoms with van der Waals surface area (Å²) in [6.07, 6.45) is -0.255. The second-order valence-electron chi connectivity index (χ2n) is 5.45. The number of carboxylic acids is 1. The molecule has 1 aromatic carbocycles. The highest BCUT2D eigenvalue weighted by Crippen LogP contribution is 2.25. The minimum absolute atomic E-state index is 0.00698. The summed E-state index contributed by atoms with van der Waals surface area (Å²) in [5.74, 6) is -2.19. The smallest absolute Gasteiger partial charge is 0.343 e. The van der Waals surface area contributed by atoms with Crippen LogP contribution >= 0.6 is 0 Å². The van der Waals surface area contributed by atoms with Crippen LogP contribution in [0.5, 0.6) is 5.75 Å². The number of nitrogens with one attached hydrogen (secondary N) is 1. The van der Waals surface area contributed by atoms with Crippen LogP contribution in [-0.4, -0.2) is 59.7 Å². The monoisotopic (exact) mass is 338 g/mol. The number of likely N-dealkylation sites (tertiary alicyclic amines) is 1. The SMILES string of the molecule is CCOc1ccccc1C(=O)NCC(=O)N1CCC(F)(C(=O)O)C1. The molecular weight excluding hydrogens is 319 g/mol. The number of hydrogen-bond donors (Lipinski definition) is 2. The van der Waals surface area contributed by atoms with Gasteiger partial charge in [-0.1, -0.05) is 12.1 Å². The van der Waals surface area contributed by atoms with E-state index in [2.05, 4.69) is 5.32 Å². The number of benzene rings is 1. The van der Waals surface area contributed by atoms with E-state index >= 15 is 0 Å². The predicted octanol–water partition coefficient (Wildman–Crippen LogP) is 0.840. The van der Waals surface area contributed by atoms with Crippen molar-refractivity contribution in [1.82, 2.24) is 10.2 Å². The summed E-state index contributed by atoms with van der Waals surface area (Å²) in [6, 6.07) is 6.61. The molecule has 1 fully saturated rings. The molecule has 0 radical (unpaired) electrons. The Morgan fingerprint density at radius 1 is 1.38 bits per heavy atom. The second kappa shape index (κ2) is 7.29. The van der Waals surface area contributed by atoms with Gasteiger partial charge in [0.2, 0.25) is 11.6 Å². The minimum atomic E-state index is -2.42. The molecule has 0 aliphatic carbocycles. The van der Waals surface area contributed by atoms with E-state index in [1.165, 1.54) is 0 Å². The molecule has 1 unspecified atom stereocenters. The molecule has 2 amide bonds. The third-order valence-electron chi connectivity index (χ3n) is 3.79. The van der Waals surface area contributed by atoms with Crippen molar-refractivity contribution >= 4 is 17.8 Å². The van der Waals surface area contributed by atoms with Crippen molar-refractivity contribution in [3.05, 3.63) is 29.8 Å². The minimum Gasteiger partial charge on any atom is -0.493 e. The van der Waals surface area contributed by atoms with Crippen molar-refractivity contribution in [2.45, 2.75) is 19.0 Å². The third-order valence-corrected chi connectivity index (χ3v) is 3.79. The molecule has 0 bridgehead atoms. The maximum absolute atomic E-state index is 13.9. The summed E-state index contributed by atoms with van der Waals surface area (Å²) >= 11 is 0. The third kappa shape index (κ3) is 3.81. The van der Waals surface area contributed by atoms with Crippen LogP contribution < -0.4 is 10.1 Å². The number of alkyl halides is 1. The Bertz CT molecular complexity index is 651. The molecule has 1 saturated heterocycles. The number of carbonyl (C=O) groups is 3. The van der Waals surface area contributed by atoms with Crippen LogP contribution in [0.1, 0.15) is 23.7 Å². The summed E-state index contributed by atoms with van der Waals surface area (Å²) in [6.45, 7) is 1.34. The molecule has 7 nitrogen and oxygen atoms in total. The summed E-state index contributed by atoms with van der Waals surface area (Å²) in [4.78, 5) is 36.1. The topological polar surface area (TPSA) is 95.9 Å². The van der Waals surface area contributed by atoms with Gasteiger partial charge in [0.25, 0.3) is 5.91 Å². The van der Waals surface area contributed by atoms with Crippen LogP contribution in [0.4, 0.5) is 4.39 Å². The highest BCUT2D eigenvalue weighted by Gasteiger charge is 2.46. The summed E-state index contributed by atoms with van der Waals surface area (Å²) in [7, 11) is 0. The lowest BCUT2D eigenvalue weighted by atomic mass is 10.1. The maximum Gasteiger partial charge on any atom is 0.343 e. The Kier molecular flexibility index (Phi) is 5.38. The Labute approximate surface area is 138 Å². The predicted molar refractivity (Wildman–Crippen MR) is 82.6 cm³/mol. The van der Waals surface area contributed by atoms with Gasteiger partial charge in [-0.05, 0) is 19.1 Å². The Balaban J connectivity index is 1.93. The van der Waals surface area contributed by atoms with Crippen LogP contribution in [0.15, 0.2) is 24.3 Å². The fourth-order valence-electron chi connectivity index (χ4n) is 2.46. The largest absolute Gasteiger partial charge is 0.493 e. The van der Waals surface area contributed by atoms with E-state index in [4.69, 9.17) is 9.84 Å². The Morgan fingerprint density at radius 3 is 2.71 bits per heavy atom. The van der Waals surface area contributed by atoms with E-state index in [9.17, 15) is 18.8 Å². The van der Waals surface area contributed by atoms with Gasteiger partial charge in [-0.3, -0.25) is 9.59 Å². The number of carboxylic acid groups (broad SMARTS) is 1. The average molecular weight is 338 g/mol. The van der Waals surface area contributed by atoms with Gasteiger partial charge in [0.05, 0.1) is 25.3 Å². The molecule has 24 heavy (non-hydrogen) atoms. The first-order valence-corrected chi connectivity index (χ1v) is 7.57. The lowest BCUT2D eigenvalue weighted by molar-refractivity contribution is -0.150. The summed E-state index contributed by atoms with van der Waals surface area (Å²) < 4.78 is 19.3. The number of rotatable bonds is 6. The molecule has 1 aromatic rings. The number of para-hydroxylation sites is 1. The number of halogens is 1. The first-order chi connectivity index (χ1) is 11.4. The van der Waals surface area contributed by atoms with Gasteiger partial charge in [-0.25, -0.2) is 9.18 Å². The van der Waals surface area contributed by atoms with Crippen LogP contribution in [0.25, 0.3) is 0 Å². The highest BCUT2D eigenvalue weighted by atomic mass is 19.1. The molecule has 1 aliphatic rings. The van der Waals surface area contributed by atoms with E-state index in [1.807, 2.05) is 0 Å². The zero-order chi connectivity index (χ0) is 17.7. The van der Waals surface area contributed by atoms with E-state index < -0.39 is 30.0 Å². The molecule has 1 heterocycles. The Morgan fingerprint density at radius 2 is 2.08 bits per heavy atom. The van der Waals surface area contributed by atoms with Crippen molar-refractivity contribution in [2.24, 2.45) is 0 Å². The fraction of sp³-hybridized carbons (Fsp3) is 0.438. The molecule has 130 valence electrons. The molecule has 8 heteroatoms. The molecule has 2 rings (SSSR count). The summed E-state index contributed by atoms with van der Waals surface area (Å²) in [5.41, 5.74) is -2.12. The van der Waals surface area contributed by atoms with Crippen LogP contribution in [-0.2, 0) is 9.59 Å². The van der Waals surface area contributed by atoms with Gasteiger partial charge in [-0.15, -0.1) is 0 Å². The van der Waals surface area contributed by atoms with Crippen molar-refractivity contribution in [2.75, 3.05) is 26.2 Å². The number of aliphatic carboxylic acids is 1. The van der Waals surface area contributed by atoms with Gasteiger partial charge in [0, 0.05) is 13.0 Å². The molecule has 2 N–H and O–H groups in total. The number of carbonyl (C=O) groups excluding carboxylic acids is 2. The highest BCUT2D eigenvalue weighted by molar-refractivity contribution is 5.98. The van der Waals surface area contributed by atoms with E-state index in [1.54, 1.807) is 31.2 Å². The lowest BCUT2D eigenvalue weighted by Gasteiger charge is -2.18. The summed E-state index contributed by atoms with van der Waals surface area (Å²) in [5, 5.41) is 11.3. The van der Waals surface area contributed by atoms with Crippen molar-refractivity contribution in [3.8, 4) is 5.75 Å². The molecular formula is C16H19FN2O5. The molecule has 0 saturated carbocycles. The lowest BCUT2D eigenvalue weighted by Crippen LogP contribution is -2.42. The van der Waals surface area contributed by atoms with Crippen molar-refractivity contribution < 1.29 is 28.6 Å². The van der Waals surface area contributed by atoms with Crippen LogP contribution in [0, 0.1) is 0 Å². The molecule has 0 aromatic heterocycles. The molecule has 0 spiro atoms. The van der Waals surface area contributed by atoms with Crippen molar-refractivity contribution in [1.29, 1.82) is 0 Å². The fourth-order valence-corrected chi connectivity index (χ4v) is 2.46.